The standard InChI is InChI=1S/C16H27N3/c1-5-16(3)6-8-19(9-7-16)15-13(2)10-14(11-17-4)12-18-15/h10,12,17H,5-9,11H2,1-4H3. The molecule has 0 spiro atoms. The molecule has 3 heteroatoms. The van der Waals surface area contributed by atoms with Crippen molar-refractivity contribution in [3.63, 3.8) is 0 Å². The van der Waals surface area contributed by atoms with E-state index in [0.29, 0.717) is 5.41 Å². The highest BCUT2D eigenvalue weighted by Gasteiger charge is 2.29. The summed E-state index contributed by atoms with van der Waals surface area (Å²) in [5.74, 6) is 1.18. The Kier molecular flexibility index (Phi) is 4.46. The SMILES string of the molecule is CCC1(C)CCN(c2ncc(CNC)cc2C)CC1. The number of piperidine rings is 1. The monoisotopic (exact) mass is 261 g/mol. The maximum atomic E-state index is 4.68. The summed E-state index contributed by atoms with van der Waals surface area (Å²) in [4.78, 5) is 7.13. The second kappa shape index (κ2) is 5.91. The largest absolute Gasteiger partial charge is 0.356 e. The minimum Gasteiger partial charge on any atom is -0.356 e. The van der Waals surface area contributed by atoms with Crippen molar-refractivity contribution in [3.05, 3.63) is 23.4 Å². The van der Waals surface area contributed by atoms with Crippen molar-refractivity contribution in [2.45, 2.75) is 46.6 Å². The summed E-state index contributed by atoms with van der Waals surface area (Å²) in [6.07, 6.45) is 5.85. The van der Waals surface area contributed by atoms with E-state index in [0.717, 1.165) is 19.6 Å². The maximum absolute atomic E-state index is 4.68. The summed E-state index contributed by atoms with van der Waals surface area (Å²) < 4.78 is 0. The van der Waals surface area contributed by atoms with Gasteiger partial charge in [0, 0.05) is 25.8 Å². The predicted octanol–water partition coefficient (Wildman–Crippen LogP) is 3.13. The van der Waals surface area contributed by atoms with Crippen LogP contribution in [0, 0.1) is 12.3 Å². The molecule has 1 aromatic rings. The number of nitrogens with zero attached hydrogens (tertiary/aromatic N) is 2. The zero-order valence-corrected chi connectivity index (χ0v) is 12.8. The van der Waals surface area contributed by atoms with Gasteiger partial charge < -0.3 is 10.2 Å². The van der Waals surface area contributed by atoms with Gasteiger partial charge in [-0.1, -0.05) is 20.3 Å². The predicted molar refractivity (Wildman–Crippen MR) is 81.6 cm³/mol. The molecule has 0 unspecified atom stereocenters. The normalized spacial score (nSPS) is 18.6. The lowest BCUT2D eigenvalue weighted by molar-refractivity contribution is 0.237. The van der Waals surface area contributed by atoms with E-state index in [-0.39, 0.29) is 0 Å². The number of nitrogens with one attached hydrogen (secondary N) is 1. The Morgan fingerprint density at radius 1 is 1.37 bits per heavy atom. The number of aryl methyl sites for hydroxylation is 1. The topological polar surface area (TPSA) is 28.2 Å². The zero-order valence-electron chi connectivity index (χ0n) is 12.8. The summed E-state index contributed by atoms with van der Waals surface area (Å²) >= 11 is 0. The third-order valence-electron chi connectivity index (χ3n) is 4.61. The minimum atomic E-state index is 0.538. The average Bonchev–Trinajstić information content (AvgIpc) is 2.41. The van der Waals surface area contributed by atoms with E-state index in [1.807, 2.05) is 13.2 Å². The summed E-state index contributed by atoms with van der Waals surface area (Å²) in [7, 11) is 1.97. The molecule has 2 rings (SSSR count). The fraction of sp³-hybridized carbons (Fsp3) is 0.688. The first-order valence-electron chi connectivity index (χ1n) is 7.43. The summed E-state index contributed by atoms with van der Waals surface area (Å²) in [6.45, 7) is 10.1. The van der Waals surface area contributed by atoms with Crippen LogP contribution in [0.15, 0.2) is 12.3 Å². The number of rotatable bonds is 4. The lowest BCUT2D eigenvalue weighted by atomic mass is 9.78. The van der Waals surface area contributed by atoms with Gasteiger partial charge in [-0.15, -0.1) is 0 Å². The number of pyridine rings is 1. The Balaban J connectivity index is 2.07. The Labute approximate surface area is 117 Å². The second-order valence-corrected chi connectivity index (χ2v) is 6.17. The van der Waals surface area contributed by atoms with Crippen LogP contribution in [-0.4, -0.2) is 25.1 Å². The van der Waals surface area contributed by atoms with Crippen LogP contribution < -0.4 is 10.2 Å². The Hall–Kier alpha value is -1.09. The van der Waals surface area contributed by atoms with Crippen LogP contribution >= 0.6 is 0 Å². The van der Waals surface area contributed by atoms with Crippen molar-refractivity contribution in [3.8, 4) is 0 Å². The number of hydrogen-bond donors (Lipinski definition) is 1. The Morgan fingerprint density at radius 2 is 2.05 bits per heavy atom. The fourth-order valence-corrected chi connectivity index (χ4v) is 2.87. The maximum Gasteiger partial charge on any atom is 0.131 e. The fourth-order valence-electron chi connectivity index (χ4n) is 2.87. The number of anilines is 1. The van der Waals surface area contributed by atoms with Gasteiger partial charge in [0.05, 0.1) is 0 Å². The lowest BCUT2D eigenvalue weighted by Crippen LogP contribution is -2.39. The van der Waals surface area contributed by atoms with Crippen LogP contribution in [0.3, 0.4) is 0 Å². The minimum absolute atomic E-state index is 0.538. The Morgan fingerprint density at radius 3 is 2.58 bits per heavy atom. The third kappa shape index (κ3) is 3.27. The molecule has 106 valence electrons. The molecule has 3 nitrogen and oxygen atoms in total. The molecule has 1 aromatic heterocycles. The summed E-state index contributed by atoms with van der Waals surface area (Å²) in [5, 5.41) is 3.17. The molecule has 1 fully saturated rings. The van der Waals surface area contributed by atoms with Crippen molar-refractivity contribution in [2.24, 2.45) is 5.41 Å². The average molecular weight is 261 g/mol. The van der Waals surface area contributed by atoms with Crippen molar-refractivity contribution in [2.75, 3.05) is 25.0 Å². The van der Waals surface area contributed by atoms with Crippen LogP contribution in [-0.2, 0) is 6.54 Å². The van der Waals surface area contributed by atoms with E-state index in [9.17, 15) is 0 Å². The number of aromatic nitrogens is 1. The van der Waals surface area contributed by atoms with Crippen LogP contribution in [0.2, 0.25) is 0 Å². The van der Waals surface area contributed by atoms with E-state index in [2.05, 4.69) is 42.0 Å². The molecular weight excluding hydrogens is 234 g/mol. The van der Waals surface area contributed by atoms with Crippen molar-refractivity contribution < 1.29 is 0 Å². The highest BCUT2D eigenvalue weighted by molar-refractivity contribution is 5.47. The van der Waals surface area contributed by atoms with Crippen molar-refractivity contribution in [1.29, 1.82) is 0 Å². The Bertz CT molecular complexity index is 420. The quantitative estimate of drug-likeness (QED) is 0.902. The molecule has 2 heterocycles. The van der Waals surface area contributed by atoms with Gasteiger partial charge in [-0.3, -0.25) is 0 Å². The van der Waals surface area contributed by atoms with Gasteiger partial charge in [0.15, 0.2) is 0 Å². The third-order valence-corrected chi connectivity index (χ3v) is 4.61. The first kappa shape index (κ1) is 14.3. The van der Waals surface area contributed by atoms with Gasteiger partial charge in [0.2, 0.25) is 0 Å². The van der Waals surface area contributed by atoms with Crippen LogP contribution in [0.4, 0.5) is 5.82 Å². The second-order valence-electron chi connectivity index (χ2n) is 6.17. The molecule has 0 amide bonds. The number of hydrogen-bond acceptors (Lipinski definition) is 3. The summed E-state index contributed by atoms with van der Waals surface area (Å²) in [5.41, 5.74) is 3.10. The lowest BCUT2D eigenvalue weighted by Gasteiger charge is -2.40. The van der Waals surface area contributed by atoms with E-state index in [1.54, 1.807) is 0 Å². The molecular formula is C16H27N3. The molecule has 0 atom stereocenters. The van der Waals surface area contributed by atoms with Crippen LogP contribution in [0.5, 0.6) is 0 Å². The first-order chi connectivity index (χ1) is 9.08. The van der Waals surface area contributed by atoms with Crippen LogP contribution in [0.25, 0.3) is 0 Å². The van der Waals surface area contributed by atoms with Crippen LogP contribution in [0.1, 0.15) is 44.2 Å². The van der Waals surface area contributed by atoms with Gasteiger partial charge in [-0.05, 0) is 49.4 Å². The highest BCUT2D eigenvalue weighted by atomic mass is 15.2. The molecule has 1 aliphatic rings. The van der Waals surface area contributed by atoms with E-state index < -0.39 is 0 Å². The van der Waals surface area contributed by atoms with Gasteiger partial charge in [0.1, 0.15) is 5.82 Å². The molecule has 0 aliphatic carbocycles. The van der Waals surface area contributed by atoms with Gasteiger partial charge >= 0.3 is 0 Å². The van der Waals surface area contributed by atoms with Gasteiger partial charge in [-0.2, -0.15) is 0 Å². The van der Waals surface area contributed by atoms with Crippen molar-refractivity contribution >= 4 is 5.82 Å². The molecule has 0 saturated carbocycles. The van der Waals surface area contributed by atoms with Crippen molar-refractivity contribution in [1.82, 2.24) is 10.3 Å². The zero-order chi connectivity index (χ0) is 13.9. The molecule has 1 aliphatic heterocycles. The highest BCUT2D eigenvalue weighted by Crippen LogP contribution is 2.35. The summed E-state index contributed by atoms with van der Waals surface area (Å²) in [6, 6.07) is 2.26. The molecule has 1 saturated heterocycles. The molecule has 1 N–H and O–H groups in total. The van der Waals surface area contributed by atoms with E-state index in [1.165, 1.54) is 36.2 Å². The van der Waals surface area contributed by atoms with Gasteiger partial charge in [-0.25, -0.2) is 4.98 Å². The molecule has 19 heavy (non-hydrogen) atoms. The smallest absolute Gasteiger partial charge is 0.131 e. The molecule has 0 bridgehead atoms. The first-order valence-corrected chi connectivity index (χ1v) is 7.43. The van der Waals surface area contributed by atoms with E-state index >= 15 is 0 Å². The van der Waals surface area contributed by atoms with E-state index in [4.69, 9.17) is 0 Å². The molecule has 0 aromatic carbocycles. The van der Waals surface area contributed by atoms with Gasteiger partial charge in [0.25, 0.3) is 0 Å². The molecule has 0 radical (unpaired) electrons.